The maximum absolute atomic E-state index is 10.4. The number of thiazole rings is 1. The summed E-state index contributed by atoms with van der Waals surface area (Å²) >= 11 is 1.36. The molecule has 1 aromatic rings. The lowest BCUT2D eigenvalue weighted by molar-refractivity contribution is 0.196. The lowest BCUT2D eigenvalue weighted by Gasteiger charge is -2.06. The number of aliphatic hydroxyl groups excluding tert-OH is 1. The molecule has 14 heavy (non-hydrogen) atoms. The van der Waals surface area contributed by atoms with Gasteiger partial charge >= 0.3 is 0 Å². The molecule has 1 atom stereocenters. The van der Waals surface area contributed by atoms with Crippen LogP contribution in [0.2, 0.25) is 0 Å². The molecule has 2 N–H and O–H groups in total. The molecule has 0 aromatic carbocycles. The largest absolute Gasteiger partial charge is 0.392 e. The molecule has 0 saturated carbocycles. The average molecular weight is 237 g/mol. The van der Waals surface area contributed by atoms with Gasteiger partial charge in [-0.15, -0.1) is 11.3 Å². The Morgan fingerprint density at radius 2 is 2.29 bits per heavy atom. The van der Waals surface area contributed by atoms with E-state index in [1.807, 2.05) is 0 Å². The third-order valence-electron chi connectivity index (χ3n) is 1.67. The topological polar surface area (TPSA) is 87.5 Å². The van der Waals surface area contributed by atoms with Crippen molar-refractivity contribution in [3.63, 3.8) is 0 Å². The van der Waals surface area contributed by atoms with Gasteiger partial charge in [0.05, 0.1) is 17.3 Å². The van der Waals surface area contributed by atoms with E-state index in [1.54, 1.807) is 12.4 Å². The molecule has 1 heterocycles. The molecular weight excluding hydrogens is 226 g/mol. The number of hydrogen-bond donors (Lipinski definition) is 2. The van der Waals surface area contributed by atoms with Gasteiger partial charge in [0, 0.05) is 11.3 Å². The molecule has 1 rings (SSSR count). The minimum absolute atomic E-state index is 0.205. The maximum Gasteiger partial charge on any atom is 0.267 e. The van der Waals surface area contributed by atoms with Gasteiger partial charge in [0.25, 0.3) is 10.1 Å². The van der Waals surface area contributed by atoms with E-state index >= 15 is 0 Å². The summed E-state index contributed by atoms with van der Waals surface area (Å²) in [5.74, 6) is -0.635. The van der Waals surface area contributed by atoms with Crippen molar-refractivity contribution in [2.75, 3.05) is 5.75 Å². The number of aliphatic hydroxyl groups is 1. The Morgan fingerprint density at radius 1 is 1.64 bits per heavy atom. The van der Waals surface area contributed by atoms with E-state index in [9.17, 15) is 13.5 Å². The van der Waals surface area contributed by atoms with Crippen LogP contribution in [0.15, 0.2) is 5.51 Å². The zero-order valence-corrected chi connectivity index (χ0v) is 9.18. The third-order valence-corrected chi connectivity index (χ3v) is 3.43. The molecule has 0 spiro atoms. The zero-order valence-electron chi connectivity index (χ0n) is 7.54. The standard InChI is InChI=1S/C7H11NO4S2/c1-5-7(13-4-8-5)2-6(9)3-14(10,11)12/h4,6,9H,2-3H2,1H3,(H,10,11,12). The van der Waals surface area contributed by atoms with Gasteiger partial charge in [-0.05, 0) is 6.92 Å². The van der Waals surface area contributed by atoms with Gasteiger partial charge in [-0.3, -0.25) is 4.55 Å². The molecular formula is C7H11NO4S2. The van der Waals surface area contributed by atoms with Crippen molar-refractivity contribution in [2.24, 2.45) is 0 Å². The molecule has 5 nitrogen and oxygen atoms in total. The summed E-state index contributed by atoms with van der Waals surface area (Å²) in [6, 6.07) is 0. The van der Waals surface area contributed by atoms with Crippen LogP contribution in [-0.4, -0.2) is 34.9 Å². The first kappa shape index (κ1) is 11.6. The quantitative estimate of drug-likeness (QED) is 0.733. The molecule has 1 unspecified atom stereocenters. The first-order valence-corrected chi connectivity index (χ1v) is 6.39. The molecule has 0 aliphatic rings. The Bertz CT molecular complexity index is 398. The molecule has 0 aliphatic heterocycles. The van der Waals surface area contributed by atoms with Crippen molar-refractivity contribution in [1.29, 1.82) is 0 Å². The van der Waals surface area contributed by atoms with E-state index in [0.717, 1.165) is 10.6 Å². The van der Waals surface area contributed by atoms with Gasteiger partial charge in [-0.25, -0.2) is 4.98 Å². The lowest BCUT2D eigenvalue weighted by atomic mass is 10.2. The highest BCUT2D eigenvalue weighted by Crippen LogP contribution is 2.14. The fourth-order valence-electron chi connectivity index (χ4n) is 1.04. The van der Waals surface area contributed by atoms with E-state index in [-0.39, 0.29) is 6.42 Å². The van der Waals surface area contributed by atoms with Crippen LogP contribution in [0.5, 0.6) is 0 Å². The fraction of sp³-hybridized carbons (Fsp3) is 0.571. The van der Waals surface area contributed by atoms with Crippen molar-refractivity contribution in [3.8, 4) is 0 Å². The second-order valence-electron chi connectivity index (χ2n) is 2.97. The highest BCUT2D eigenvalue weighted by atomic mass is 32.2. The summed E-state index contributed by atoms with van der Waals surface area (Å²) in [5.41, 5.74) is 2.41. The van der Waals surface area contributed by atoms with Crippen molar-refractivity contribution in [2.45, 2.75) is 19.4 Å². The van der Waals surface area contributed by atoms with Crippen LogP contribution in [0, 0.1) is 6.92 Å². The number of aryl methyl sites for hydroxylation is 1. The van der Waals surface area contributed by atoms with Crippen LogP contribution in [0.1, 0.15) is 10.6 Å². The predicted octanol–water partition coefficient (Wildman–Crippen LogP) is 0.243. The highest BCUT2D eigenvalue weighted by molar-refractivity contribution is 7.85. The smallest absolute Gasteiger partial charge is 0.267 e. The second kappa shape index (κ2) is 4.35. The van der Waals surface area contributed by atoms with Crippen LogP contribution < -0.4 is 0 Å². The number of aromatic nitrogens is 1. The maximum atomic E-state index is 10.4. The van der Waals surface area contributed by atoms with Gasteiger partial charge < -0.3 is 5.11 Å². The first-order chi connectivity index (χ1) is 6.38. The third kappa shape index (κ3) is 3.70. The Hall–Kier alpha value is -0.500. The minimum Gasteiger partial charge on any atom is -0.392 e. The van der Waals surface area contributed by atoms with Gasteiger partial charge in [0.2, 0.25) is 0 Å². The van der Waals surface area contributed by atoms with Crippen LogP contribution in [-0.2, 0) is 16.5 Å². The molecule has 0 amide bonds. The van der Waals surface area contributed by atoms with E-state index in [2.05, 4.69) is 4.98 Å². The Morgan fingerprint density at radius 3 is 2.71 bits per heavy atom. The highest BCUT2D eigenvalue weighted by Gasteiger charge is 2.16. The molecule has 0 radical (unpaired) electrons. The summed E-state index contributed by atoms with van der Waals surface area (Å²) in [4.78, 5) is 4.80. The van der Waals surface area contributed by atoms with Gasteiger partial charge in [-0.1, -0.05) is 0 Å². The summed E-state index contributed by atoms with van der Waals surface area (Å²) in [5, 5.41) is 9.32. The molecule has 0 fully saturated rings. The van der Waals surface area contributed by atoms with E-state index in [0.29, 0.717) is 0 Å². The monoisotopic (exact) mass is 237 g/mol. The molecule has 80 valence electrons. The summed E-state index contributed by atoms with van der Waals surface area (Å²) in [7, 11) is -4.11. The van der Waals surface area contributed by atoms with Crippen LogP contribution >= 0.6 is 11.3 Å². The van der Waals surface area contributed by atoms with E-state index in [4.69, 9.17) is 4.55 Å². The van der Waals surface area contributed by atoms with Crippen molar-refractivity contribution in [1.82, 2.24) is 4.98 Å². The van der Waals surface area contributed by atoms with Crippen molar-refractivity contribution < 1.29 is 18.1 Å². The van der Waals surface area contributed by atoms with E-state index in [1.165, 1.54) is 11.3 Å². The van der Waals surface area contributed by atoms with Gasteiger partial charge in [-0.2, -0.15) is 8.42 Å². The number of hydrogen-bond acceptors (Lipinski definition) is 5. The SMILES string of the molecule is Cc1ncsc1CC(O)CS(=O)(=O)O. The molecule has 0 bridgehead atoms. The zero-order chi connectivity index (χ0) is 10.8. The second-order valence-corrected chi connectivity index (χ2v) is 5.40. The normalized spacial score (nSPS) is 14.2. The summed E-state index contributed by atoms with van der Waals surface area (Å²) < 4.78 is 29.4. The number of rotatable bonds is 4. The van der Waals surface area contributed by atoms with Crippen molar-refractivity contribution in [3.05, 3.63) is 16.1 Å². The number of nitrogens with zero attached hydrogens (tertiary/aromatic N) is 1. The van der Waals surface area contributed by atoms with Gasteiger partial charge in [0.1, 0.15) is 5.75 Å². The minimum atomic E-state index is -4.11. The molecule has 7 heteroatoms. The summed E-state index contributed by atoms with van der Waals surface area (Å²) in [6.45, 7) is 1.78. The Kier molecular flexibility index (Phi) is 3.59. The Balaban J connectivity index is 2.58. The fourth-order valence-corrected chi connectivity index (χ4v) is 2.49. The average Bonchev–Trinajstić information content (AvgIpc) is 2.32. The Labute approximate surface area is 86.2 Å². The molecule has 0 aliphatic carbocycles. The van der Waals surface area contributed by atoms with Crippen LogP contribution in [0.25, 0.3) is 0 Å². The summed E-state index contributed by atoms with van der Waals surface area (Å²) in [6.07, 6.45) is -0.875. The lowest BCUT2D eigenvalue weighted by Crippen LogP contribution is -2.22. The predicted molar refractivity (Wildman–Crippen MR) is 53.0 cm³/mol. The molecule has 1 aromatic heterocycles. The van der Waals surface area contributed by atoms with Crippen LogP contribution in [0.3, 0.4) is 0 Å². The first-order valence-electron chi connectivity index (χ1n) is 3.90. The van der Waals surface area contributed by atoms with Crippen LogP contribution in [0.4, 0.5) is 0 Å². The van der Waals surface area contributed by atoms with E-state index < -0.39 is 22.0 Å². The molecule has 0 saturated heterocycles. The van der Waals surface area contributed by atoms with Gasteiger partial charge in [0.15, 0.2) is 0 Å². The van der Waals surface area contributed by atoms with Crippen molar-refractivity contribution >= 4 is 21.5 Å².